The molecule has 10 heavy (non-hydrogen) atoms. The number of nitrogens with zero attached hydrogens (tertiary/aromatic N) is 1. The van der Waals surface area contributed by atoms with Crippen molar-refractivity contribution in [3.63, 3.8) is 0 Å². The van der Waals surface area contributed by atoms with Gasteiger partial charge in [0.25, 0.3) is 0 Å². The maximum atomic E-state index is 10.6. The van der Waals surface area contributed by atoms with Crippen molar-refractivity contribution in [3.05, 3.63) is 0 Å². The summed E-state index contributed by atoms with van der Waals surface area (Å²) >= 11 is 0. The molecule has 0 N–H and O–H groups in total. The Morgan fingerprint density at radius 2 is 2.30 bits per heavy atom. The van der Waals surface area contributed by atoms with Crippen molar-refractivity contribution >= 4 is 5.78 Å². The van der Waals surface area contributed by atoms with Crippen LogP contribution in [0.1, 0.15) is 6.92 Å². The Balaban J connectivity index is 2.19. The molecule has 58 valence electrons. The van der Waals surface area contributed by atoms with E-state index < -0.39 is 0 Å². The molecule has 0 amide bonds. The second kappa shape index (κ2) is 3.12. The SMILES string of the molecule is CC(=O)CN(C)C1COC1. The minimum absolute atomic E-state index is 0.217. The summed E-state index contributed by atoms with van der Waals surface area (Å²) in [4.78, 5) is 12.6. The van der Waals surface area contributed by atoms with Crippen LogP contribution in [0.25, 0.3) is 0 Å². The monoisotopic (exact) mass is 143 g/mol. The predicted octanol–water partition coefficient (Wildman–Crippen LogP) is -0.0940. The summed E-state index contributed by atoms with van der Waals surface area (Å²) in [6.45, 7) is 3.72. The van der Waals surface area contributed by atoms with E-state index in [9.17, 15) is 4.79 Å². The number of ketones is 1. The van der Waals surface area contributed by atoms with Crippen molar-refractivity contribution in [2.45, 2.75) is 13.0 Å². The van der Waals surface area contributed by atoms with Crippen LogP contribution in [0.4, 0.5) is 0 Å². The van der Waals surface area contributed by atoms with Crippen LogP contribution in [0.5, 0.6) is 0 Å². The summed E-state index contributed by atoms with van der Waals surface area (Å²) in [5.41, 5.74) is 0. The summed E-state index contributed by atoms with van der Waals surface area (Å²) in [6.07, 6.45) is 0. The van der Waals surface area contributed by atoms with Crippen molar-refractivity contribution in [1.82, 2.24) is 4.90 Å². The Labute approximate surface area is 61.0 Å². The molecule has 1 saturated heterocycles. The minimum atomic E-state index is 0.217. The average molecular weight is 143 g/mol. The third-order valence-electron chi connectivity index (χ3n) is 1.72. The highest BCUT2D eigenvalue weighted by Gasteiger charge is 2.23. The van der Waals surface area contributed by atoms with Gasteiger partial charge in [-0.2, -0.15) is 0 Å². The standard InChI is InChI=1S/C7H13NO2/c1-6(9)3-8(2)7-4-10-5-7/h7H,3-5H2,1-2H3. The summed E-state index contributed by atoms with van der Waals surface area (Å²) in [7, 11) is 1.95. The average Bonchev–Trinajstić information content (AvgIpc) is 1.55. The molecule has 0 aromatic heterocycles. The highest BCUT2D eigenvalue weighted by molar-refractivity contribution is 5.77. The molecule has 0 radical (unpaired) electrons. The molecule has 0 aliphatic carbocycles. The Kier molecular flexibility index (Phi) is 2.40. The Hall–Kier alpha value is -0.410. The fraction of sp³-hybridized carbons (Fsp3) is 0.857. The molecular weight excluding hydrogens is 130 g/mol. The zero-order valence-electron chi connectivity index (χ0n) is 6.46. The topological polar surface area (TPSA) is 29.5 Å². The van der Waals surface area contributed by atoms with Gasteiger partial charge in [-0.25, -0.2) is 0 Å². The first-order valence-corrected chi connectivity index (χ1v) is 3.47. The van der Waals surface area contributed by atoms with E-state index in [0.717, 1.165) is 13.2 Å². The molecule has 1 heterocycles. The number of hydrogen-bond acceptors (Lipinski definition) is 3. The fourth-order valence-corrected chi connectivity index (χ4v) is 0.958. The molecule has 1 aliphatic rings. The molecule has 0 aromatic rings. The summed E-state index contributed by atoms with van der Waals surface area (Å²) < 4.78 is 4.98. The molecule has 0 unspecified atom stereocenters. The molecule has 0 bridgehead atoms. The van der Waals surface area contributed by atoms with Crippen molar-refractivity contribution in [3.8, 4) is 0 Å². The van der Waals surface area contributed by atoms with Gasteiger partial charge in [-0.05, 0) is 14.0 Å². The largest absolute Gasteiger partial charge is 0.378 e. The number of carbonyl (C=O) groups excluding carboxylic acids is 1. The van der Waals surface area contributed by atoms with Crippen LogP contribution in [0, 0.1) is 0 Å². The molecular formula is C7H13NO2. The second-order valence-electron chi connectivity index (χ2n) is 2.81. The van der Waals surface area contributed by atoms with Gasteiger partial charge in [-0.3, -0.25) is 9.69 Å². The first kappa shape index (κ1) is 7.69. The quantitative estimate of drug-likeness (QED) is 0.553. The van der Waals surface area contributed by atoms with Gasteiger partial charge in [0.15, 0.2) is 0 Å². The predicted molar refractivity (Wildman–Crippen MR) is 37.9 cm³/mol. The van der Waals surface area contributed by atoms with Gasteiger partial charge in [0.05, 0.1) is 25.8 Å². The normalized spacial score (nSPS) is 19.1. The van der Waals surface area contributed by atoms with E-state index in [4.69, 9.17) is 4.74 Å². The third-order valence-corrected chi connectivity index (χ3v) is 1.72. The molecule has 3 heteroatoms. The van der Waals surface area contributed by atoms with Crippen molar-refractivity contribution in [1.29, 1.82) is 0 Å². The van der Waals surface area contributed by atoms with Crippen LogP contribution in [0.3, 0.4) is 0 Å². The maximum absolute atomic E-state index is 10.6. The Bertz CT molecular complexity index is 132. The number of ether oxygens (including phenoxy) is 1. The Morgan fingerprint density at radius 3 is 2.60 bits per heavy atom. The van der Waals surface area contributed by atoms with Crippen molar-refractivity contribution in [2.75, 3.05) is 26.8 Å². The minimum Gasteiger partial charge on any atom is -0.378 e. The van der Waals surface area contributed by atoms with Crippen LogP contribution < -0.4 is 0 Å². The molecule has 0 atom stereocenters. The molecule has 3 nitrogen and oxygen atoms in total. The van der Waals surface area contributed by atoms with Crippen LogP contribution in [0.15, 0.2) is 0 Å². The second-order valence-corrected chi connectivity index (χ2v) is 2.81. The molecule has 1 fully saturated rings. The van der Waals surface area contributed by atoms with Gasteiger partial charge in [-0.15, -0.1) is 0 Å². The molecule has 0 spiro atoms. The lowest BCUT2D eigenvalue weighted by Crippen LogP contribution is -2.48. The van der Waals surface area contributed by atoms with E-state index in [1.807, 2.05) is 11.9 Å². The first-order valence-electron chi connectivity index (χ1n) is 3.47. The van der Waals surface area contributed by atoms with E-state index in [-0.39, 0.29) is 5.78 Å². The number of Topliss-reactive ketones (excluding diaryl/α,β-unsaturated/α-hetero) is 1. The van der Waals surface area contributed by atoms with E-state index >= 15 is 0 Å². The lowest BCUT2D eigenvalue weighted by atomic mass is 10.2. The summed E-state index contributed by atoms with van der Waals surface area (Å²) in [5.74, 6) is 0.217. The van der Waals surface area contributed by atoms with E-state index in [2.05, 4.69) is 0 Å². The number of hydrogen-bond donors (Lipinski definition) is 0. The molecule has 1 rings (SSSR count). The lowest BCUT2D eigenvalue weighted by Gasteiger charge is -2.33. The van der Waals surface area contributed by atoms with Gasteiger partial charge in [0, 0.05) is 0 Å². The summed E-state index contributed by atoms with van der Waals surface area (Å²) in [5, 5.41) is 0. The maximum Gasteiger partial charge on any atom is 0.143 e. The van der Waals surface area contributed by atoms with E-state index in [0.29, 0.717) is 12.6 Å². The van der Waals surface area contributed by atoms with Crippen LogP contribution >= 0.6 is 0 Å². The number of likely N-dealkylation sites (N-methyl/N-ethyl adjacent to an activating group) is 1. The zero-order valence-corrected chi connectivity index (χ0v) is 6.46. The third kappa shape index (κ3) is 1.78. The Morgan fingerprint density at radius 1 is 1.70 bits per heavy atom. The van der Waals surface area contributed by atoms with Crippen molar-refractivity contribution < 1.29 is 9.53 Å². The van der Waals surface area contributed by atoms with Crippen LogP contribution in [-0.2, 0) is 9.53 Å². The van der Waals surface area contributed by atoms with Gasteiger partial charge in [0.2, 0.25) is 0 Å². The van der Waals surface area contributed by atoms with Gasteiger partial charge in [0.1, 0.15) is 5.78 Å². The summed E-state index contributed by atoms with van der Waals surface area (Å²) in [6, 6.07) is 0.476. The smallest absolute Gasteiger partial charge is 0.143 e. The molecule has 1 aliphatic heterocycles. The molecule has 0 saturated carbocycles. The van der Waals surface area contributed by atoms with Gasteiger partial charge >= 0.3 is 0 Å². The lowest BCUT2D eigenvalue weighted by molar-refractivity contribution is -0.121. The zero-order chi connectivity index (χ0) is 7.56. The number of rotatable bonds is 3. The van der Waals surface area contributed by atoms with Crippen LogP contribution in [0.2, 0.25) is 0 Å². The highest BCUT2D eigenvalue weighted by atomic mass is 16.5. The van der Waals surface area contributed by atoms with Gasteiger partial charge in [-0.1, -0.05) is 0 Å². The van der Waals surface area contributed by atoms with Crippen molar-refractivity contribution in [2.24, 2.45) is 0 Å². The molecule has 0 aromatic carbocycles. The van der Waals surface area contributed by atoms with E-state index in [1.54, 1.807) is 6.92 Å². The highest BCUT2D eigenvalue weighted by Crippen LogP contribution is 2.06. The first-order chi connectivity index (χ1) is 4.70. The van der Waals surface area contributed by atoms with Gasteiger partial charge < -0.3 is 4.74 Å². The van der Waals surface area contributed by atoms with E-state index in [1.165, 1.54) is 0 Å². The fourth-order valence-electron chi connectivity index (χ4n) is 0.958. The number of carbonyl (C=O) groups is 1. The van der Waals surface area contributed by atoms with Crippen LogP contribution in [-0.4, -0.2) is 43.5 Å².